The summed E-state index contributed by atoms with van der Waals surface area (Å²) < 4.78 is 31.4. The van der Waals surface area contributed by atoms with Crippen molar-refractivity contribution in [2.75, 3.05) is 24.3 Å². The average molecular weight is 301 g/mol. The number of halogens is 2. The van der Waals surface area contributed by atoms with Gasteiger partial charge in [-0.3, -0.25) is 9.59 Å². The Hall–Kier alpha value is -2.06. The van der Waals surface area contributed by atoms with Crippen LogP contribution >= 0.6 is 0 Å². The summed E-state index contributed by atoms with van der Waals surface area (Å²) >= 11 is 0. The van der Waals surface area contributed by atoms with Crippen molar-refractivity contribution in [1.82, 2.24) is 0 Å². The molecule has 0 aromatic heterocycles. The monoisotopic (exact) mass is 301 g/mol. The van der Waals surface area contributed by atoms with Gasteiger partial charge in [0.15, 0.2) is 11.6 Å². The predicted molar refractivity (Wildman–Crippen MR) is 73.8 cm³/mol. The maximum atomic E-state index is 13.3. The molecule has 0 bridgehead atoms. The van der Waals surface area contributed by atoms with Crippen LogP contribution in [0.5, 0.6) is 0 Å². The molecule has 0 saturated heterocycles. The lowest BCUT2D eigenvalue weighted by Crippen LogP contribution is -2.28. The highest BCUT2D eigenvalue weighted by atomic mass is 19.2. The molecule has 0 radical (unpaired) electrons. The minimum absolute atomic E-state index is 0.0311. The molecule has 8 heteroatoms. The van der Waals surface area contributed by atoms with Gasteiger partial charge in [0.05, 0.1) is 23.9 Å². The molecule has 0 saturated carbocycles. The largest absolute Gasteiger partial charge is 0.380 e. The number of ether oxygens (including phenoxy) is 1. The van der Waals surface area contributed by atoms with Gasteiger partial charge in [-0.2, -0.15) is 0 Å². The van der Waals surface area contributed by atoms with E-state index < -0.39 is 29.6 Å². The van der Waals surface area contributed by atoms with Crippen LogP contribution in [-0.2, 0) is 14.3 Å². The number of nitrogens with two attached hydrogens (primary N) is 1. The van der Waals surface area contributed by atoms with E-state index in [-0.39, 0.29) is 24.3 Å². The second kappa shape index (κ2) is 7.65. The number of methoxy groups -OCH3 is 1. The van der Waals surface area contributed by atoms with Crippen molar-refractivity contribution < 1.29 is 23.1 Å². The molecular formula is C13H17F2N3O3. The Morgan fingerprint density at radius 1 is 1.24 bits per heavy atom. The first-order valence-corrected chi connectivity index (χ1v) is 6.16. The molecule has 0 heterocycles. The molecule has 116 valence electrons. The molecule has 1 rings (SSSR count). The number of carbonyl (C=O) groups excluding carboxylic acids is 2. The number of hydrogen-bond donors (Lipinski definition) is 3. The standard InChI is InChI=1S/C13H17F2N3O3/c1-7(19)17-11-4-9(14)10(15)5-12(11)18-13(20)3-8(6-16)21-2/h4-5,8H,3,6,16H2,1-2H3,(H,17,19)(H,18,20). The van der Waals surface area contributed by atoms with Crippen molar-refractivity contribution >= 4 is 23.2 Å². The van der Waals surface area contributed by atoms with E-state index in [2.05, 4.69) is 10.6 Å². The Bertz CT molecular complexity index is 534. The molecule has 1 aromatic carbocycles. The van der Waals surface area contributed by atoms with E-state index in [0.717, 1.165) is 12.1 Å². The first-order chi connectivity index (χ1) is 9.87. The van der Waals surface area contributed by atoms with Crippen molar-refractivity contribution in [2.24, 2.45) is 5.73 Å². The van der Waals surface area contributed by atoms with Crippen LogP contribution in [0, 0.1) is 11.6 Å². The molecule has 4 N–H and O–H groups in total. The number of hydrogen-bond acceptors (Lipinski definition) is 4. The van der Waals surface area contributed by atoms with E-state index in [1.165, 1.54) is 14.0 Å². The molecule has 2 amide bonds. The summed E-state index contributed by atoms with van der Waals surface area (Å²) in [7, 11) is 1.41. The van der Waals surface area contributed by atoms with Gasteiger partial charge in [-0.25, -0.2) is 8.78 Å². The van der Waals surface area contributed by atoms with Crippen LogP contribution in [0.4, 0.5) is 20.2 Å². The first-order valence-electron chi connectivity index (χ1n) is 6.16. The zero-order valence-electron chi connectivity index (χ0n) is 11.7. The zero-order valence-corrected chi connectivity index (χ0v) is 11.7. The number of nitrogens with one attached hydrogen (secondary N) is 2. The van der Waals surface area contributed by atoms with Crippen molar-refractivity contribution in [3.05, 3.63) is 23.8 Å². The summed E-state index contributed by atoms with van der Waals surface area (Å²) in [6.45, 7) is 1.35. The van der Waals surface area contributed by atoms with Gasteiger partial charge in [-0.05, 0) is 0 Å². The molecule has 0 aliphatic carbocycles. The van der Waals surface area contributed by atoms with Crippen molar-refractivity contribution in [3.63, 3.8) is 0 Å². The Morgan fingerprint density at radius 3 is 2.19 bits per heavy atom. The minimum Gasteiger partial charge on any atom is -0.380 e. The van der Waals surface area contributed by atoms with Gasteiger partial charge in [0.25, 0.3) is 0 Å². The Morgan fingerprint density at radius 2 is 1.76 bits per heavy atom. The molecule has 0 aliphatic heterocycles. The van der Waals surface area contributed by atoms with Gasteiger partial charge in [0, 0.05) is 32.7 Å². The highest BCUT2D eigenvalue weighted by molar-refractivity contribution is 5.99. The van der Waals surface area contributed by atoms with Crippen molar-refractivity contribution in [1.29, 1.82) is 0 Å². The van der Waals surface area contributed by atoms with Gasteiger partial charge in [0.1, 0.15) is 0 Å². The van der Waals surface area contributed by atoms with Gasteiger partial charge < -0.3 is 21.1 Å². The lowest BCUT2D eigenvalue weighted by molar-refractivity contribution is -0.118. The molecule has 21 heavy (non-hydrogen) atoms. The normalized spacial score (nSPS) is 11.9. The van der Waals surface area contributed by atoms with Gasteiger partial charge >= 0.3 is 0 Å². The van der Waals surface area contributed by atoms with E-state index in [1.807, 2.05) is 0 Å². The van der Waals surface area contributed by atoms with Crippen LogP contribution in [0.3, 0.4) is 0 Å². The van der Waals surface area contributed by atoms with Crippen LogP contribution < -0.4 is 16.4 Å². The molecule has 1 atom stereocenters. The molecule has 0 fully saturated rings. The number of amides is 2. The number of anilines is 2. The summed E-state index contributed by atoms with van der Waals surface area (Å²) in [4.78, 5) is 22.8. The SMILES string of the molecule is COC(CN)CC(=O)Nc1cc(F)c(F)cc1NC(C)=O. The summed E-state index contributed by atoms with van der Waals surface area (Å²) in [6, 6.07) is 1.59. The van der Waals surface area contributed by atoms with Crippen LogP contribution in [0.25, 0.3) is 0 Å². The fourth-order valence-electron chi connectivity index (χ4n) is 1.61. The van der Waals surface area contributed by atoms with Crippen LogP contribution in [0.2, 0.25) is 0 Å². The third-order valence-electron chi connectivity index (χ3n) is 2.65. The molecule has 0 aliphatic rings. The lowest BCUT2D eigenvalue weighted by atomic mass is 10.2. The molecule has 0 spiro atoms. The maximum absolute atomic E-state index is 13.3. The lowest BCUT2D eigenvalue weighted by Gasteiger charge is -2.15. The van der Waals surface area contributed by atoms with Gasteiger partial charge in [-0.15, -0.1) is 0 Å². The third-order valence-corrected chi connectivity index (χ3v) is 2.65. The fourth-order valence-corrected chi connectivity index (χ4v) is 1.61. The van der Waals surface area contributed by atoms with Crippen LogP contribution in [0.15, 0.2) is 12.1 Å². The molecular weight excluding hydrogens is 284 g/mol. The molecule has 1 aromatic rings. The van der Waals surface area contributed by atoms with Crippen molar-refractivity contribution in [2.45, 2.75) is 19.4 Å². The summed E-state index contributed by atoms with van der Waals surface area (Å²) in [5.41, 5.74) is 5.32. The summed E-state index contributed by atoms with van der Waals surface area (Å²) in [6.07, 6.45) is -0.537. The Labute approximate surface area is 120 Å². The number of carbonyl (C=O) groups is 2. The maximum Gasteiger partial charge on any atom is 0.227 e. The summed E-state index contributed by atoms with van der Waals surface area (Å²) in [5, 5.41) is 4.70. The van der Waals surface area contributed by atoms with Gasteiger partial charge in [0.2, 0.25) is 11.8 Å². The number of benzene rings is 1. The van der Waals surface area contributed by atoms with E-state index in [9.17, 15) is 18.4 Å². The average Bonchev–Trinajstić information content (AvgIpc) is 2.41. The number of rotatable bonds is 6. The van der Waals surface area contributed by atoms with Crippen molar-refractivity contribution in [3.8, 4) is 0 Å². The highest BCUT2D eigenvalue weighted by Gasteiger charge is 2.16. The Balaban J connectivity index is 2.92. The van der Waals surface area contributed by atoms with Gasteiger partial charge in [-0.1, -0.05) is 0 Å². The van der Waals surface area contributed by atoms with E-state index in [4.69, 9.17) is 10.5 Å². The second-order valence-electron chi connectivity index (χ2n) is 4.34. The first kappa shape index (κ1) is 17.0. The minimum atomic E-state index is -1.14. The topological polar surface area (TPSA) is 93.4 Å². The second-order valence-corrected chi connectivity index (χ2v) is 4.34. The Kier molecular flexibility index (Phi) is 6.19. The molecule has 6 nitrogen and oxygen atoms in total. The summed E-state index contributed by atoms with van der Waals surface area (Å²) in [5.74, 6) is -3.24. The fraction of sp³-hybridized carbons (Fsp3) is 0.385. The van der Waals surface area contributed by atoms with E-state index in [0.29, 0.717) is 0 Å². The smallest absolute Gasteiger partial charge is 0.227 e. The quantitative estimate of drug-likeness (QED) is 0.736. The van der Waals surface area contributed by atoms with Crippen LogP contribution in [0.1, 0.15) is 13.3 Å². The molecule has 1 unspecified atom stereocenters. The predicted octanol–water partition coefficient (Wildman–Crippen LogP) is 1.23. The third kappa shape index (κ3) is 5.09. The van der Waals surface area contributed by atoms with E-state index >= 15 is 0 Å². The van der Waals surface area contributed by atoms with Crippen LogP contribution in [-0.4, -0.2) is 31.6 Å². The highest BCUT2D eigenvalue weighted by Crippen LogP contribution is 2.25. The zero-order chi connectivity index (χ0) is 16.0. The van der Waals surface area contributed by atoms with E-state index in [1.54, 1.807) is 0 Å².